The first-order valence-corrected chi connectivity index (χ1v) is 8.78. The Kier molecular flexibility index (Phi) is 6.72. The summed E-state index contributed by atoms with van der Waals surface area (Å²) in [6, 6.07) is 9.75. The molecule has 2 unspecified atom stereocenters. The van der Waals surface area contributed by atoms with Gasteiger partial charge in [0.25, 0.3) is 0 Å². The molecule has 1 saturated heterocycles. The Bertz CT molecular complexity index is 393. The molecule has 1 aromatic carbocycles. The van der Waals surface area contributed by atoms with E-state index in [1.54, 1.807) is 0 Å². The third-order valence-corrected chi connectivity index (χ3v) is 4.82. The second kappa shape index (κ2) is 8.55. The van der Waals surface area contributed by atoms with E-state index < -0.39 is 0 Å². The lowest BCUT2D eigenvalue weighted by Gasteiger charge is -2.34. The molecule has 1 aromatic rings. The number of benzene rings is 1. The van der Waals surface area contributed by atoms with Gasteiger partial charge in [-0.3, -0.25) is 4.90 Å². The fraction of sp³-hybridized carbons (Fsp3) is 0.684. The van der Waals surface area contributed by atoms with Gasteiger partial charge in [-0.2, -0.15) is 0 Å². The smallest absolute Gasteiger partial charge is 0.0320 e. The van der Waals surface area contributed by atoms with Crippen LogP contribution in [0.2, 0.25) is 0 Å². The van der Waals surface area contributed by atoms with Crippen LogP contribution in [0.25, 0.3) is 0 Å². The van der Waals surface area contributed by atoms with Crippen LogP contribution in [-0.2, 0) is 6.42 Å². The molecule has 1 N–H and O–H groups in total. The Hall–Kier alpha value is -0.860. The fourth-order valence-electron chi connectivity index (χ4n) is 3.38. The van der Waals surface area contributed by atoms with E-state index in [0.29, 0.717) is 6.04 Å². The summed E-state index contributed by atoms with van der Waals surface area (Å²) in [6.07, 6.45) is 5.08. The molecule has 0 spiro atoms. The molecule has 0 aliphatic carbocycles. The summed E-state index contributed by atoms with van der Waals surface area (Å²) < 4.78 is 0. The van der Waals surface area contributed by atoms with Gasteiger partial charge in [0.2, 0.25) is 0 Å². The Morgan fingerprint density at radius 3 is 2.57 bits per heavy atom. The number of piperidine rings is 1. The monoisotopic (exact) mass is 288 g/mol. The van der Waals surface area contributed by atoms with Crippen molar-refractivity contribution in [2.45, 2.75) is 52.5 Å². The van der Waals surface area contributed by atoms with Crippen molar-refractivity contribution in [2.75, 3.05) is 26.2 Å². The number of nitrogens with one attached hydrogen (secondary N) is 1. The van der Waals surface area contributed by atoms with Crippen LogP contribution in [0.1, 0.15) is 57.2 Å². The number of rotatable bonds is 7. The van der Waals surface area contributed by atoms with Crippen LogP contribution in [-0.4, -0.2) is 31.1 Å². The van der Waals surface area contributed by atoms with Crippen LogP contribution >= 0.6 is 0 Å². The first-order valence-electron chi connectivity index (χ1n) is 8.78. The molecule has 0 bridgehead atoms. The highest BCUT2D eigenvalue weighted by Gasteiger charge is 2.21. The van der Waals surface area contributed by atoms with Gasteiger partial charge in [-0.1, -0.05) is 38.1 Å². The highest BCUT2D eigenvalue weighted by molar-refractivity contribution is 5.24. The third-order valence-electron chi connectivity index (χ3n) is 4.82. The molecule has 0 aromatic heterocycles. The maximum Gasteiger partial charge on any atom is 0.0320 e. The van der Waals surface area contributed by atoms with Crippen LogP contribution in [0.5, 0.6) is 0 Å². The van der Waals surface area contributed by atoms with Crippen molar-refractivity contribution >= 4 is 0 Å². The van der Waals surface area contributed by atoms with Crippen LogP contribution in [0.3, 0.4) is 0 Å². The predicted molar refractivity (Wildman–Crippen MR) is 91.7 cm³/mol. The van der Waals surface area contributed by atoms with E-state index in [9.17, 15) is 0 Å². The van der Waals surface area contributed by atoms with E-state index in [1.807, 2.05) is 0 Å². The van der Waals surface area contributed by atoms with Crippen molar-refractivity contribution in [3.05, 3.63) is 35.4 Å². The summed E-state index contributed by atoms with van der Waals surface area (Å²) >= 11 is 0. The van der Waals surface area contributed by atoms with Crippen molar-refractivity contribution in [2.24, 2.45) is 5.92 Å². The molecule has 2 heteroatoms. The molecule has 0 saturated carbocycles. The molecule has 2 rings (SSSR count). The molecule has 1 heterocycles. The average Bonchev–Trinajstić information content (AvgIpc) is 2.55. The molecule has 0 radical (unpaired) electrons. The van der Waals surface area contributed by atoms with Gasteiger partial charge in [0, 0.05) is 12.6 Å². The molecule has 1 aliphatic heterocycles. The van der Waals surface area contributed by atoms with Gasteiger partial charge in [0.1, 0.15) is 0 Å². The first-order chi connectivity index (χ1) is 10.2. The normalized spacial score (nSPS) is 20.7. The number of nitrogens with zero attached hydrogens (tertiary/aromatic N) is 1. The maximum atomic E-state index is 3.55. The second-order valence-electron chi connectivity index (χ2n) is 6.48. The lowest BCUT2D eigenvalue weighted by atomic mass is 9.97. The number of aryl methyl sites for hydroxylation is 1. The van der Waals surface area contributed by atoms with Gasteiger partial charge in [0.15, 0.2) is 0 Å². The molecule has 1 fully saturated rings. The molecular weight excluding hydrogens is 256 g/mol. The van der Waals surface area contributed by atoms with Crippen molar-refractivity contribution in [3.63, 3.8) is 0 Å². The Balaban J connectivity index is 2.00. The SMILES string of the molecule is CCCN(CC1CCCNC1)C(C)c1ccc(CC)cc1. The summed E-state index contributed by atoms with van der Waals surface area (Å²) in [4.78, 5) is 2.68. The highest BCUT2D eigenvalue weighted by atomic mass is 15.2. The quantitative estimate of drug-likeness (QED) is 0.815. The maximum absolute atomic E-state index is 3.55. The lowest BCUT2D eigenvalue weighted by Crippen LogP contribution is -2.39. The molecular formula is C19H32N2. The molecule has 21 heavy (non-hydrogen) atoms. The van der Waals surface area contributed by atoms with Gasteiger partial charge in [-0.25, -0.2) is 0 Å². The van der Waals surface area contributed by atoms with E-state index in [4.69, 9.17) is 0 Å². The van der Waals surface area contributed by atoms with Crippen molar-refractivity contribution in [1.82, 2.24) is 10.2 Å². The zero-order chi connectivity index (χ0) is 15.1. The summed E-state index contributed by atoms with van der Waals surface area (Å²) in [5, 5.41) is 3.55. The van der Waals surface area contributed by atoms with E-state index in [-0.39, 0.29) is 0 Å². The first kappa shape index (κ1) is 16.5. The summed E-state index contributed by atoms with van der Waals surface area (Å²) in [5.41, 5.74) is 2.90. The molecule has 2 atom stereocenters. The van der Waals surface area contributed by atoms with Gasteiger partial charge in [0.05, 0.1) is 0 Å². The van der Waals surface area contributed by atoms with E-state index in [2.05, 4.69) is 55.3 Å². The summed E-state index contributed by atoms with van der Waals surface area (Å²) in [5.74, 6) is 0.822. The van der Waals surface area contributed by atoms with Gasteiger partial charge >= 0.3 is 0 Å². The van der Waals surface area contributed by atoms with Crippen LogP contribution in [0.15, 0.2) is 24.3 Å². The summed E-state index contributed by atoms with van der Waals surface area (Å²) in [6.45, 7) is 11.7. The van der Waals surface area contributed by atoms with Crippen LogP contribution < -0.4 is 5.32 Å². The van der Waals surface area contributed by atoms with Crippen LogP contribution in [0.4, 0.5) is 0 Å². The number of hydrogen-bond donors (Lipinski definition) is 1. The van der Waals surface area contributed by atoms with E-state index in [0.717, 1.165) is 12.3 Å². The zero-order valence-corrected chi connectivity index (χ0v) is 14.1. The van der Waals surface area contributed by atoms with Gasteiger partial charge < -0.3 is 5.32 Å². The Morgan fingerprint density at radius 1 is 1.24 bits per heavy atom. The molecule has 118 valence electrons. The largest absolute Gasteiger partial charge is 0.316 e. The van der Waals surface area contributed by atoms with Gasteiger partial charge in [-0.15, -0.1) is 0 Å². The standard InChI is InChI=1S/C19H32N2/c1-4-13-21(15-18-7-6-12-20-14-18)16(3)19-10-8-17(5-2)9-11-19/h8-11,16,18,20H,4-7,12-15H2,1-3H3. The van der Waals surface area contributed by atoms with Crippen molar-refractivity contribution < 1.29 is 0 Å². The average molecular weight is 288 g/mol. The second-order valence-corrected chi connectivity index (χ2v) is 6.48. The van der Waals surface area contributed by atoms with Crippen LogP contribution in [0, 0.1) is 5.92 Å². The minimum atomic E-state index is 0.526. The highest BCUT2D eigenvalue weighted by Crippen LogP contribution is 2.24. The minimum Gasteiger partial charge on any atom is -0.316 e. The third kappa shape index (κ3) is 4.82. The summed E-state index contributed by atoms with van der Waals surface area (Å²) in [7, 11) is 0. The molecule has 1 aliphatic rings. The van der Waals surface area contributed by atoms with Crippen molar-refractivity contribution in [1.29, 1.82) is 0 Å². The molecule has 2 nitrogen and oxygen atoms in total. The number of hydrogen-bond acceptors (Lipinski definition) is 2. The fourth-order valence-corrected chi connectivity index (χ4v) is 3.38. The zero-order valence-electron chi connectivity index (χ0n) is 14.1. The van der Waals surface area contributed by atoms with E-state index in [1.165, 1.54) is 56.6 Å². The topological polar surface area (TPSA) is 15.3 Å². The van der Waals surface area contributed by atoms with E-state index >= 15 is 0 Å². The van der Waals surface area contributed by atoms with Crippen molar-refractivity contribution in [3.8, 4) is 0 Å². The molecule has 0 amide bonds. The lowest BCUT2D eigenvalue weighted by molar-refractivity contribution is 0.163. The Morgan fingerprint density at radius 2 is 2.00 bits per heavy atom. The Labute approximate surface area is 130 Å². The minimum absolute atomic E-state index is 0.526. The predicted octanol–water partition coefficient (Wildman–Crippen LogP) is 4.02. The van der Waals surface area contributed by atoms with Gasteiger partial charge in [-0.05, 0) is 69.3 Å².